The van der Waals surface area contributed by atoms with Crippen molar-refractivity contribution in [1.29, 1.82) is 0 Å². The first kappa shape index (κ1) is 9.51. The van der Waals surface area contributed by atoms with Crippen molar-refractivity contribution in [3.63, 3.8) is 0 Å². The Morgan fingerprint density at radius 2 is 2.15 bits per heavy atom. The first-order valence-corrected chi connectivity index (χ1v) is 3.63. The van der Waals surface area contributed by atoms with Crippen molar-refractivity contribution in [1.82, 2.24) is 0 Å². The van der Waals surface area contributed by atoms with E-state index in [-0.39, 0.29) is 17.1 Å². The molecule has 3 nitrogen and oxygen atoms in total. The molecule has 0 aliphatic rings. The van der Waals surface area contributed by atoms with E-state index in [1.165, 1.54) is 14.0 Å². The molecule has 0 saturated heterocycles. The molecule has 0 heterocycles. The third-order valence-corrected chi connectivity index (χ3v) is 1.64. The summed E-state index contributed by atoms with van der Waals surface area (Å²) >= 11 is 0. The minimum atomic E-state index is -0.611. The van der Waals surface area contributed by atoms with Gasteiger partial charge in [0.1, 0.15) is 5.82 Å². The maximum absolute atomic E-state index is 12.8. The number of hydrogen-bond acceptors (Lipinski definition) is 3. The lowest BCUT2D eigenvalue weighted by molar-refractivity contribution is 0.101. The number of benzene rings is 1. The number of Topliss-reactive ketones (excluding diaryl/α,β-unsaturated/α-hetero) is 1. The molecule has 0 aliphatic heterocycles. The number of methoxy groups -OCH3 is 1. The van der Waals surface area contributed by atoms with Crippen molar-refractivity contribution in [2.45, 2.75) is 6.92 Å². The Morgan fingerprint density at radius 3 is 2.62 bits per heavy atom. The van der Waals surface area contributed by atoms with Crippen LogP contribution in [-0.2, 0) is 0 Å². The van der Waals surface area contributed by atoms with Crippen LogP contribution < -0.4 is 4.74 Å². The highest BCUT2D eigenvalue weighted by atomic mass is 19.1. The molecule has 0 atom stereocenters. The van der Waals surface area contributed by atoms with Gasteiger partial charge in [0.15, 0.2) is 17.3 Å². The fourth-order valence-corrected chi connectivity index (χ4v) is 0.998. The second-order valence-corrected chi connectivity index (χ2v) is 2.56. The molecule has 0 radical (unpaired) electrons. The van der Waals surface area contributed by atoms with Gasteiger partial charge < -0.3 is 9.84 Å². The number of hydrogen-bond donors (Lipinski definition) is 1. The highest BCUT2D eigenvalue weighted by Crippen LogP contribution is 2.30. The van der Waals surface area contributed by atoms with E-state index in [1.54, 1.807) is 0 Å². The molecule has 13 heavy (non-hydrogen) atoms. The molecule has 0 unspecified atom stereocenters. The summed E-state index contributed by atoms with van der Waals surface area (Å²) in [5.41, 5.74) is -0.0724. The zero-order valence-electron chi connectivity index (χ0n) is 7.30. The Bertz CT molecular complexity index is 347. The molecule has 4 heteroatoms. The molecule has 0 aliphatic carbocycles. The molecule has 1 aromatic carbocycles. The molecule has 1 aromatic rings. The Labute approximate surface area is 74.8 Å². The van der Waals surface area contributed by atoms with E-state index in [1.807, 2.05) is 0 Å². The molecule has 1 rings (SSSR count). The van der Waals surface area contributed by atoms with Gasteiger partial charge in [-0.05, 0) is 13.0 Å². The van der Waals surface area contributed by atoms with Gasteiger partial charge in [-0.1, -0.05) is 0 Å². The van der Waals surface area contributed by atoms with Gasteiger partial charge in [-0.3, -0.25) is 4.79 Å². The Kier molecular flexibility index (Phi) is 2.51. The van der Waals surface area contributed by atoms with E-state index >= 15 is 0 Å². The number of carbonyl (C=O) groups is 1. The maximum Gasteiger partial charge on any atom is 0.168 e. The van der Waals surface area contributed by atoms with E-state index in [0.717, 1.165) is 12.1 Å². The van der Waals surface area contributed by atoms with Crippen molar-refractivity contribution >= 4 is 5.78 Å². The summed E-state index contributed by atoms with van der Waals surface area (Å²) < 4.78 is 17.5. The molecular formula is C9H9FO3. The maximum atomic E-state index is 12.8. The average Bonchev–Trinajstić information content (AvgIpc) is 2.08. The minimum absolute atomic E-state index is 0.0369. The van der Waals surface area contributed by atoms with Crippen LogP contribution in [0.2, 0.25) is 0 Å². The topological polar surface area (TPSA) is 46.5 Å². The van der Waals surface area contributed by atoms with Gasteiger partial charge in [-0.2, -0.15) is 0 Å². The summed E-state index contributed by atoms with van der Waals surface area (Å²) in [5.74, 6) is -1.38. The first-order valence-electron chi connectivity index (χ1n) is 3.63. The molecule has 0 saturated carbocycles. The van der Waals surface area contributed by atoms with Crippen LogP contribution in [-0.4, -0.2) is 18.0 Å². The average molecular weight is 184 g/mol. The minimum Gasteiger partial charge on any atom is -0.504 e. The number of ether oxygens (including phenoxy) is 1. The Hall–Kier alpha value is -1.58. The third-order valence-electron chi connectivity index (χ3n) is 1.64. The summed E-state index contributed by atoms with van der Waals surface area (Å²) in [6, 6.07) is 1.99. The number of ketones is 1. The molecule has 0 bridgehead atoms. The van der Waals surface area contributed by atoms with E-state index in [9.17, 15) is 14.3 Å². The van der Waals surface area contributed by atoms with Crippen molar-refractivity contribution < 1.29 is 19.0 Å². The molecule has 0 amide bonds. The second kappa shape index (κ2) is 3.43. The van der Waals surface area contributed by atoms with Crippen molar-refractivity contribution in [3.05, 3.63) is 23.5 Å². The highest BCUT2D eigenvalue weighted by molar-refractivity contribution is 5.97. The van der Waals surface area contributed by atoms with Crippen LogP contribution >= 0.6 is 0 Å². The van der Waals surface area contributed by atoms with Gasteiger partial charge >= 0.3 is 0 Å². The number of aromatic hydroxyl groups is 1. The quantitative estimate of drug-likeness (QED) is 0.712. The zero-order valence-corrected chi connectivity index (χ0v) is 7.30. The summed E-state index contributed by atoms with van der Waals surface area (Å²) in [4.78, 5) is 10.9. The monoisotopic (exact) mass is 184 g/mol. The van der Waals surface area contributed by atoms with Crippen LogP contribution in [0.1, 0.15) is 17.3 Å². The predicted octanol–water partition coefficient (Wildman–Crippen LogP) is 1.74. The van der Waals surface area contributed by atoms with Gasteiger partial charge in [0, 0.05) is 6.07 Å². The van der Waals surface area contributed by atoms with Crippen LogP contribution in [0.5, 0.6) is 11.5 Å². The summed E-state index contributed by atoms with van der Waals surface area (Å²) in [6.45, 7) is 1.24. The van der Waals surface area contributed by atoms with Gasteiger partial charge in [0.05, 0.1) is 12.7 Å². The summed E-state index contributed by atoms with van der Waals surface area (Å²) in [5, 5.41) is 9.37. The molecule has 0 aromatic heterocycles. The van der Waals surface area contributed by atoms with Crippen LogP contribution in [0.15, 0.2) is 12.1 Å². The fraction of sp³-hybridized carbons (Fsp3) is 0.222. The van der Waals surface area contributed by atoms with E-state index in [0.29, 0.717) is 0 Å². The summed E-state index contributed by atoms with van der Waals surface area (Å²) in [7, 11) is 1.29. The third kappa shape index (κ3) is 1.77. The SMILES string of the molecule is COc1cc(F)cc(C(C)=O)c1O. The smallest absolute Gasteiger partial charge is 0.168 e. The van der Waals surface area contributed by atoms with Crippen molar-refractivity contribution in [3.8, 4) is 11.5 Å². The van der Waals surface area contributed by atoms with Crippen molar-refractivity contribution in [2.75, 3.05) is 7.11 Å². The van der Waals surface area contributed by atoms with Crippen LogP contribution in [0.3, 0.4) is 0 Å². The molecule has 1 N–H and O–H groups in total. The van der Waals surface area contributed by atoms with Gasteiger partial charge in [0.2, 0.25) is 0 Å². The Morgan fingerprint density at radius 1 is 1.54 bits per heavy atom. The lowest BCUT2D eigenvalue weighted by Crippen LogP contribution is -1.96. The standard InChI is InChI=1S/C9H9FO3/c1-5(11)7-3-6(10)4-8(13-2)9(7)12/h3-4,12H,1-2H3. The van der Waals surface area contributed by atoms with E-state index in [4.69, 9.17) is 0 Å². The van der Waals surface area contributed by atoms with Gasteiger partial charge in [-0.25, -0.2) is 4.39 Å². The molecule has 70 valence electrons. The van der Waals surface area contributed by atoms with Gasteiger partial charge in [0.25, 0.3) is 0 Å². The van der Waals surface area contributed by atoms with E-state index in [2.05, 4.69) is 4.74 Å². The van der Waals surface area contributed by atoms with Crippen LogP contribution in [0, 0.1) is 5.82 Å². The summed E-state index contributed by atoms with van der Waals surface area (Å²) in [6.07, 6.45) is 0. The molecule has 0 fully saturated rings. The van der Waals surface area contributed by atoms with Crippen LogP contribution in [0.25, 0.3) is 0 Å². The number of rotatable bonds is 2. The lowest BCUT2D eigenvalue weighted by Gasteiger charge is -2.06. The second-order valence-electron chi connectivity index (χ2n) is 2.56. The first-order chi connectivity index (χ1) is 6.06. The highest BCUT2D eigenvalue weighted by Gasteiger charge is 2.13. The number of halogens is 1. The normalized spacial score (nSPS) is 9.77. The zero-order chi connectivity index (χ0) is 10.0. The largest absolute Gasteiger partial charge is 0.504 e. The van der Waals surface area contributed by atoms with Gasteiger partial charge in [-0.15, -0.1) is 0 Å². The lowest BCUT2D eigenvalue weighted by atomic mass is 10.1. The van der Waals surface area contributed by atoms with Crippen LogP contribution in [0.4, 0.5) is 4.39 Å². The van der Waals surface area contributed by atoms with E-state index < -0.39 is 11.6 Å². The number of phenolic OH excluding ortho intramolecular Hbond substituents is 1. The molecular weight excluding hydrogens is 175 g/mol. The number of phenols is 1. The van der Waals surface area contributed by atoms with Crippen molar-refractivity contribution in [2.24, 2.45) is 0 Å². The Balaban J connectivity index is 3.35. The predicted molar refractivity (Wildman–Crippen MR) is 44.6 cm³/mol. The number of carbonyl (C=O) groups excluding carboxylic acids is 1. The fourth-order valence-electron chi connectivity index (χ4n) is 0.998. The molecule has 0 spiro atoms.